The van der Waals surface area contributed by atoms with Crippen LogP contribution in [0.15, 0.2) is 29.3 Å². The van der Waals surface area contributed by atoms with Crippen LogP contribution in [0.4, 0.5) is 17.6 Å². The number of nitrogens with zero attached hydrogens (tertiary/aromatic N) is 1. The molecule has 2 N–H and O–H groups in total. The summed E-state index contributed by atoms with van der Waals surface area (Å²) in [6.07, 6.45) is -5.16. The highest BCUT2D eigenvalue weighted by Gasteiger charge is 2.26. The smallest absolute Gasteiger partial charge is 0.357 e. The number of aliphatic imine (C=N–C) groups is 1. The van der Waals surface area contributed by atoms with Crippen molar-refractivity contribution in [2.45, 2.75) is 26.1 Å². The molecule has 0 aliphatic heterocycles. The molecule has 0 fully saturated rings. The zero-order chi connectivity index (χ0) is 15.0. The van der Waals surface area contributed by atoms with E-state index in [-0.39, 0.29) is 24.9 Å². The first-order valence-corrected chi connectivity index (χ1v) is 6.24. The predicted molar refractivity (Wildman–Crippen MR) is 69.9 cm³/mol. The summed E-state index contributed by atoms with van der Waals surface area (Å²) in [5.74, 6) is -0.151. The van der Waals surface area contributed by atoms with E-state index in [9.17, 15) is 17.6 Å². The molecule has 0 unspecified atom stereocenters. The van der Waals surface area contributed by atoms with Crippen molar-refractivity contribution < 1.29 is 17.6 Å². The fraction of sp³-hybridized carbons (Fsp3) is 0.462. The van der Waals surface area contributed by atoms with Gasteiger partial charge in [0.25, 0.3) is 0 Å². The van der Waals surface area contributed by atoms with E-state index in [1.807, 2.05) is 0 Å². The Morgan fingerprint density at radius 2 is 1.90 bits per heavy atom. The summed E-state index contributed by atoms with van der Waals surface area (Å²) >= 11 is 0. The number of hydrogen-bond donors (Lipinski definition) is 2. The van der Waals surface area contributed by atoms with Crippen LogP contribution in [0.1, 0.15) is 18.9 Å². The van der Waals surface area contributed by atoms with E-state index in [4.69, 9.17) is 0 Å². The Bertz CT molecular complexity index is 443. The quantitative estimate of drug-likeness (QED) is 0.497. The predicted octanol–water partition coefficient (Wildman–Crippen LogP) is 2.83. The van der Waals surface area contributed by atoms with E-state index < -0.39 is 12.6 Å². The monoisotopic (exact) mass is 291 g/mol. The molecule has 0 atom stereocenters. The first-order chi connectivity index (χ1) is 9.42. The molecular weight excluding hydrogens is 274 g/mol. The van der Waals surface area contributed by atoms with Gasteiger partial charge in [0.2, 0.25) is 0 Å². The van der Waals surface area contributed by atoms with E-state index in [0.29, 0.717) is 12.1 Å². The molecular formula is C13H17F4N3. The zero-order valence-corrected chi connectivity index (χ0v) is 11.1. The Balaban J connectivity index is 2.57. The first kappa shape index (κ1) is 16.3. The second-order valence-electron chi connectivity index (χ2n) is 4.08. The minimum absolute atomic E-state index is 0.0635. The van der Waals surface area contributed by atoms with Gasteiger partial charge >= 0.3 is 6.18 Å². The van der Waals surface area contributed by atoms with Crippen LogP contribution in [-0.4, -0.2) is 25.2 Å². The number of nitrogens with one attached hydrogen (secondary N) is 2. The molecule has 0 aliphatic rings. The highest BCUT2D eigenvalue weighted by Crippen LogP contribution is 2.18. The average Bonchev–Trinajstić information content (AvgIpc) is 2.36. The van der Waals surface area contributed by atoms with Crippen LogP contribution < -0.4 is 10.6 Å². The molecule has 20 heavy (non-hydrogen) atoms. The van der Waals surface area contributed by atoms with Gasteiger partial charge in [0.15, 0.2) is 5.96 Å². The largest absolute Gasteiger partial charge is 0.390 e. The lowest BCUT2D eigenvalue weighted by Crippen LogP contribution is -2.38. The third kappa shape index (κ3) is 6.40. The van der Waals surface area contributed by atoms with Crippen LogP contribution in [0.2, 0.25) is 0 Å². The lowest BCUT2D eigenvalue weighted by atomic mass is 10.2. The summed E-state index contributed by atoms with van der Waals surface area (Å²) in [5.41, 5.74) is 0.389. The zero-order valence-electron chi connectivity index (χ0n) is 11.1. The summed E-state index contributed by atoms with van der Waals surface area (Å²) in [5, 5.41) is 5.37. The SMILES string of the molecule is CCNC(=NCc1ccccc1F)NCCC(F)(F)F. The molecule has 0 spiro atoms. The fourth-order valence-electron chi connectivity index (χ4n) is 1.46. The molecule has 0 saturated heterocycles. The molecule has 0 heterocycles. The van der Waals surface area contributed by atoms with E-state index in [1.54, 1.807) is 25.1 Å². The van der Waals surface area contributed by atoms with Crippen LogP contribution in [0.5, 0.6) is 0 Å². The Labute approximate surface area is 115 Å². The number of guanidine groups is 1. The lowest BCUT2D eigenvalue weighted by Gasteiger charge is -2.12. The Kier molecular flexibility index (Phi) is 6.27. The third-order valence-corrected chi connectivity index (χ3v) is 2.41. The van der Waals surface area contributed by atoms with Crippen LogP contribution >= 0.6 is 0 Å². The van der Waals surface area contributed by atoms with Gasteiger partial charge in [0, 0.05) is 18.7 Å². The van der Waals surface area contributed by atoms with Gasteiger partial charge in [-0.15, -0.1) is 0 Å². The number of halogens is 4. The van der Waals surface area contributed by atoms with Crippen molar-refractivity contribution in [1.82, 2.24) is 10.6 Å². The van der Waals surface area contributed by atoms with Gasteiger partial charge in [0.05, 0.1) is 13.0 Å². The molecule has 7 heteroatoms. The Hall–Kier alpha value is -1.79. The van der Waals surface area contributed by atoms with Gasteiger partial charge in [-0.3, -0.25) is 0 Å². The van der Waals surface area contributed by atoms with Gasteiger partial charge in [-0.05, 0) is 13.0 Å². The van der Waals surface area contributed by atoms with Crippen molar-refractivity contribution in [2.24, 2.45) is 4.99 Å². The maximum absolute atomic E-state index is 13.4. The lowest BCUT2D eigenvalue weighted by molar-refractivity contribution is -0.132. The molecule has 1 aromatic carbocycles. The Morgan fingerprint density at radius 3 is 2.50 bits per heavy atom. The Morgan fingerprint density at radius 1 is 1.20 bits per heavy atom. The standard InChI is InChI=1S/C13H17F4N3/c1-2-18-12(19-8-7-13(15,16)17)20-9-10-5-3-4-6-11(10)14/h3-6H,2,7-9H2,1H3,(H2,18,19,20). The van der Waals surface area contributed by atoms with Crippen molar-refractivity contribution in [3.8, 4) is 0 Å². The van der Waals surface area contributed by atoms with E-state index >= 15 is 0 Å². The molecule has 1 rings (SSSR count). The molecule has 0 amide bonds. The summed E-state index contributed by atoms with van der Waals surface area (Å²) in [6, 6.07) is 6.14. The maximum Gasteiger partial charge on any atom is 0.390 e. The number of benzene rings is 1. The second-order valence-corrected chi connectivity index (χ2v) is 4.08. The summed E-state index contributed by atoms with van der Waals surface area (Å²) in [7, 11) is 0. The molecule has 0 saturated carbocycles. The minimum atomic E-state index is -4.21. The van der Waals surface area contributed by atoms with Crippen molar-refractivity contribution >= 4 is 5.96 Å². The fourth-order valence-corrected chi connectivity index (χ4v) is 1.46. The van der Waals surface area contributed by atoms with Gasteiger partial charge in [0.1, 0.15) is 5.82 Å². The van der Waals surface area contributed by atoms with Crippen molar-refractivity contribution in [2.75, 3.05) is 13.1 Å². The molecule has 0 aromatic heterocycles. The third-order valence-electron chi connectivity index (χ3n) is 2.41. The summed E-state index contributed by atoms with van der Waals surface area (Å²) < 4.78 is 49.5. The van der Waals surface area contributed by atoms with Gasteiger partial charge < -0.3 is 10.6 Å². The average molecular weight is 291 g/mol. The summed E-state index contributed by atoms with van der Waals surface area (Å²) in [6.45, 7) is 2.10. The highest BCUT2D eigenvalue weighted by atomic mass is 19.4. The van der Waals surface area contributed by atoms with Crippen LogP contribution in [0.25, 0.3) is 0 Å². The van der Waals surface area contributed by atoms with Gasteiger partial charge in [-0.2, -0.15) is 13.2 Å². The number of rotatable bonds is 5. The van der Waals surface area contributed by atoms with Crippen molar-refractivity contribution in [1.29, 1.82) is 0 Å². The van der Waals surface area contributed by atoms with Crippen molar-refractivity contribution in [3.05, 3.63) is 35.6 Å². The van der Waals surface area contributed by atoms with Gasteiger partial charge in [-0.25, -0.2) is 9.38 Å². The molecule has 0 radical (unpaired) electrons. The molecule has 1 aromatic rings. The molecule has 112 valence electrons. The first-order valence-electron chi connectivity index (χ1n) is 6.24. The minimum Gasteiger partial charge on any atom is -0.357 e. The maximum atomic E-state index is 13.4. The summed E-state index contributed by atoms with van der Waals surface area (Å²) in [4.78, 5) is 4.05. The number of alkyl halides is 3. The molecule has 0 bridgehead atoms. The van der Waals surface area contributed by atoms with E-state index in [1.165, 1.54) is 6.07 Å². The van der Waals surface area contributed by atoms with Crippen LogP contribution in [-0.2, 0) is 6.54 Å². The van der Waals surface area contributed by atoms with Crippen molar-refractivity contribution in [3.63, 3.8) is 0 Å². The van der Waals surface area contributed by atoms with Crippen LogP contribution in [0, 0.1) is 5.82 Å². The topological polar surface area (TPSA) is 36.4 Å². The van der Waals surface area contributed by atoms with Gasteiger partial charge in [-0.1, -0.05) is 18.2 Å². The molecule has 0 aliphatic carbocycles. The number of hydrogen-bond acceptors (Lipinski definition) is 1. The van der Waals surface area contributed by atoms with E-state index in [2.05, 4.69) is 15.6 Å². The molecule has 3 nitrogen and oxygen atoms in total. The second kappa shape index (κ2) is 7.72. The highest BCUT2D eigenvalue weighted by molar-refractivity contribution is 5.79. The normalized spacial score (nSPS) is 12.3. The van der Waals surface area contributed by atoms with E-state index in [0.717, 1.165) is 0 Å². The van der Waals surface area contributed by atoms with Crippen LogP contribution in [0.3, 0.4) is 0 Å².